The third-order valence-corrected chi connectivity index (χ3v) is 1.52. The number of urea groups is 1. The molecule has 15 heavy (non-hydrogen) atoms. The quantitative estimate of drug-likeness (QED) is 0.493. The Morgan fingerprint density at radius 1 is 1.27 bits per heavy atom. The van der Waals surface area contributed by atoms with E-state index in [1.807, 2.05) is 5.43 Å². The van der Waals surface area contributed by atoms with Crippen LogP contribution in [0.1, 0.15) is 0 Å². The first-order valence-electron chi connectivity index (χ1n) is 3.92. The van der Waals surface area contributed by atoms with Crippen molar-refractivity contribution in [2.24, 2.45) is 10.9 Å². The first-order valence-corrected chi connectivity index (χ1v) is 3.92. The third kappa shape index (κ3) is 3.07. The molecular formula is C8H8N4O3. The number of nitroso groups, excluding NO2 is 1. The minimum atomic E-state index is -0.824. The lowest BCUT2D eigenvalue weighted by atomic mass is 10.4. The second-order valence-electron chi connectivity index (χ2n) is 2.57. The van der Waals surface area contributed by atoms with Crippen molar-refractivity contribution in [2.75, 3.05) is 5.43 Å². The number of carbonyl (C=O) groups excluding carboxylic acids is 1. The summed E-state index contributed by atoms with van der Waals surface area (Å²) in [6, 6.07) is 4.25. The number of hydrogen-bond donors (Lipinski definition) is 3. The maximum Gasteiger partial charge on any atom is 0.330 e. The van der Waals surface area contributed by atoms with Crippen LogP contribution in [0.15, 0.2) is 34.2 Å². The van der Waals surface area contributed by atoms with Gasteiger partial charge in [0, 0.05) is 0 Å². The minimum absolute atomic E-state index is 0.0868. The fraction of sp³-hybridized carbons (Fsp3) is 0. The number of amides is 2. The number of nitrogens with zero attached hydrogens (tertiary/aromatic N) is 1. The fourth-order valence-electron chi connectivity index (χ4n) is 0.850. The van der Waals surface area contributed by atoms with Crippen LogP contribution >= 0.6 is 0 Å². The van der Waals surface area contributed by atoms with Gasteiger partial charge in [-0.25, -0.2) is 4.79 Å². The number of nitrogens with one attached hydrogen (secondary N) is 2. The topological polar surface area (TPSA) is 114 Å². The first-order chi connectivity index (χ1) is 7.13. The fourth-order valence-corrected chi connectivity index (χ4v) is 0.850. The standard InChI is InChI=1S/C8H8N4O3/c9-8(14)11-10-6-3-1-5(12-15)2-4-7(6)13/h1-4H,(H,10,13)(H3,9,11,14). The van der Waals surface area contributed by atoms with Gasteiger partial charge in [0.25, 0.3) is 0 Å². The van der Waals surface area contributed by atoms with Crippen molar-refractivity contribution in [1.82, 2.24) is 5.43 Å². The molecule has 0 aromatic heterocycles. The van der Waals surface area contributed by atoms with Crippen LogP contribution in [0.3, 0.4) is 0 Å². The Morgan fingerprint density at radius 3 is 2.53 bits per heavy atom. The summed E-state index contributed by atoms with van der Waals surface area (Å²) in [5, 5.41) is 2.66. The molecule has 7 heteroatoms. The molecule has 1 rings (SSSR count). The number of primary amides is 1. The van der Waals surface area contributed by atoms with Crippen LogP contribution in [-0.4, -0.2) is 6.03 Å². The van der Waals surface area contributed by atoms with Gasteiger partial charge in [0.2, 0.25) is 5.43 Å². The Balaban J connectivity index is 2.99. The number of anilines is 1. The summed E-state index contributed by atoms with van der Waals surface area (Å²) in [6.07, 6.45) is 0. The molecular weight excluding hydrogens is 200 g/mol. The van der Waals surface area contributed by atoms with E-state index in [4.69, 9.17) is 5.73 Å². The van der Waals surface area contributed by atoms with E-state index >= 15 is 0 Å². The molecule has 0 atom stereocenters. The molecule has 0 unspecified atom stereocenters. The van der Waals surface area contributed by atoms with Gasteiger partial charge in [-0.1, -0.05) is 0 Å². The molecule has 0 heterocycles. The van der Waals surface area contributed by atoms with E-state index in [0.717, 1.165) is 6.07 Å². The molecule has 7 nitrogen and oxygen atoms in total. The molecule has 4 N–H and O–H groups in total. The molecule has 0 aliphatic carbocycles. The molecule has 0 saturated heterocycles. The summed E-state index contributed by atoms with van der Waals surface area (Å²) in [5.74, 6) is 0. The van der Waals surface area contributed by atoms with E-state index in [1.165, 1.54) is 18.2 Å². The van der Waals surface area contributed by atoms with Crippen LogP contribution in [0.2, 0.25) is 0 Å². The van der Waals surface area contributed by atoms with Gasteiger partial charge in [0.15, 0.2) is 0 Å². The van der Waals surface area contributed by atoms with Crippen LogP contribution in [0.4, 0.5) is 16.2 Å². The smallest absolute Gasteiger partial charge is 0.330 e. The molecule has 1 aromatic carbocycles. The zero-order valence-corrected chi connectivity index (χ0v) is 7.56. The third-order valence-electron chi connectivity index (χ3n) is 1.52. The highest BCUT2D eigenvalue weighted by Gasteiger charge is 1.98. The molecule has 0 fully saturated rings. The van der Waals surface area contributed by atoms with Gasteiger partial charge < -0.3 is 5.73 Å². The zero-order chi connectivity index (χ0) is 11.3. The summed E-state index contributed by atoms with van der Waals surface area (Å²) in [7, 11) is 0. The summed E-state index contributed by atoms with van der Waals surface area (Å²) in [5.41, 5.74) is 8.92. The minimum Gasteiger partial charge on any atom is -0.350 e. The van der Waals surface area contributed by atoms with Gasteiger partial charge >= 0.3 is 6.03 Å². The second kappa shape index (κ2) is 4.70. The van der Waals surface area contributed by atoms with Crippen LogP contribution < -0.4 is 22.0 Å². The number of carbonyl (C=O) groups is 1. The van der Waals surface area contributed by atoms with Crippen molar-refractivity contribution in [3.05, 3.63) is 39.4 Å². The second-order valence-corrected chi connectivity index (χ2v) is 2.57. The number of hydrogen-bond acceptors (Lipinski definition) is 5. The van der Waals surface area contributed by atoms with E-state index in [2.05, 4.69) is 10.6 Å². The van der Waals surface area contributed by atoms with Crippen molar-refractivity contribution >= 4 is 17.4 Å². The summed E-state index contributed by atoms with van der Waals surface area (Å²) in [6.45, 7) is 0. The van der Waals surface area contributed by atoms with Crippen LogP contribution in [0, 0.1) is 4.91 Å². The molecule has 0 radical (unpaired) electrons. The van der Waals surface area contributed by atoms with E-state index in [1.54, 1.807) is 0 Å². The summed E-state index contributed by atoms with van der Waals surface area (Å²) in [4.78, 5) is 31.8. The van der Waals surface area contributed by atoms with Crippen molar-refractivity contribution in [1.29, 1.82) is 0 Å². The lowest BCUT2D eigenvalue weighted by Crippen LogP contribution is -2.35. The highest BCUT2D eigenvalue weighted by molar-refractivity contribution is 5.73. The van der Waals surface area contributed by atoms with E-state index in [0.29, 0.717) is 0 Å². The Hall–Kier alpha value is -2.44. The van der Waals surface area contributed by atoms with Crippen molar-refractivity contribution in [3.8, 4) is 0 Å². The Morgan fingerprint density at radius 2 is 1.93 bits per heavy atom. The highest BCUT2D eigenvalue weighted by Crippen LogP contribution is 2.08. The van der Waals surface area contributed by atoms with Crippen molar-refractivity contribution in [3.63, 3.8) is 0 Å². The molecule has 0 bridgehead atoms. The Bertz CT molecular complexity index is 446. The van der Waals surface area contributed by atoms with Gasteiger partial charge in [-0.3, -0.25) is 15.6 Å². The van der Waals surface area contributed by atoms with Crippen LogP contribution in [0.5, 0.6) is 0 Å². The van der Waals surface area contributed by atoms with E-state index in [-0.39, 0.29) is 11.4 Å². The molecule has 0 spiro atoms. The Kier molecular flexibility index (Phi) is 3.33. The average Bonchev–Trinajstić information content (AvgIpc) is 2.37. The largest absolute Gasteiger partial charge is 0.350 e. The number of hydrazine groups is 1. The molecule has 0 aliphatic rings. The summed E-state index contributed by atoms with van der Waals surface area (Å²) >= 11 is 0. The first kappa shape index (κ1) is 10.6. The molecule has 0 aliphatic heterocycles. The number of rotatable bonds is 3. The van der Waals surface area contributed by atoms with Gasteiger partial charge in [-0.15, -0.1) is 4.91 Å². The molecule has 2 amide bonds. The van der Waals surface area contributed by atoms with Gasteiger partial charge in [0.05, 0.1) is 0 Å². The lowest BCUT2D eigenvalue weighted by Gasteiger charge is -2.01. The van der Waals surface area contributed by atoms with Crippen LogP contribution in [0.25, 0.3) is 0 Å². The van der Waals surface area contributed by atoms with Crippen LogP contribution in [-0.2, 0) is 0 Å². The predicted molar refractivity (Wildman–Crippen MR) is 54.5 cm³/mol. The van der Waals surface area contributed by atoms with Gasteiger partial charge in [-0.2, -0.15) is 0 Å². The average molecular weight is 208 g/mol. The maximum atomic E-state index is 11.3. The van der Waals surface area contributed by atoms with Gasteiger partial charge in [-0.05, 0) is 29.4 Å². The monoisotopic (exact) mass is 208 g/mol. The molecule has 78 valence electrons. The summed E-state index contributed by atoms with van der Waals surface area (Å²) < 4.78 is 0. The number of nitrogens with two attached hydrogens (primary N) is 1. The molecule has 0 saturated carbocycles. The SMILES string of the molecule is NC(=O)NNc1ccc(N=O)ccc1=O. The maximum absolute atomic E-state index is 11.3. The predicted octanol–water partition coefficient (Wildman–Crippen LogP) is 0.440. The van der Waals surface area contributed by atoms with Crippen molar-refractivity contribution in [2.45, 2.75) is 0 Å². The zero-order valence-electron chi connectivity index (χ0n) is 7.56. The van der Waals surface area contributed by atoms with E-state index < -0.39 is 11.5 Å². The van der Waals surface area contributed by atoms with Gasteiger partial charge in [0.1, 0.15) is 11.4 Å². The van der Waals surface area contributed by atoms with Crippen molar-refractivity contribution < 1.29 is 4.79 Å². The lowest BCUT2D eigenvalue weighted by molar-refractivity contribution is 0.250. The van der Waals surface area contributed by atoms with E-state index in [9.17, 15) is 14.5 Å². The highest BCUT2D eigenvalue weighted by atomic mass is 16.3. The Labute approximate surface area is 84.2 Å². The normalized spacial score (nSPS) is 9.07. The molecule has 1 aromatic rings.